The van der Waals surface area contributed by atoms with Crippen LogP contribution in [0.4, 0.5) is 0 Å². The van der Waals surface area contributed by atoms with Crippen LogP contribution in [0.3, 0.4) is 0 Å². The summed E-state index contributed by atoms with van der Waals surface area (Å²) in [5, 5.41) is 3.33. The molecule has 2 heterocycles. The lowest BCUT2D eigenvalue weighted by atomic mass is 9.89. The van der Waals surface area contributed by atoms with Crippen LogP contribution in [0.5, 0.6) is 0 Å². The topological polar surface area (TPSA) is 35.6 Å². The average molecular weight is 316 g/mol. The molecule has 4 nitrogen and oxygen atoms in total. The molecule has 0 radical (unpaired) electrons. The van der Waals surface area contributed by atoms with Gasteiger partial charge in [-0.25, -0.2) is 0 Å². The highest BCUT2D eigenvalue weighted by atomic mass is 35.5. The molecular weight excluding hydrogens is 286 g/mol. The van der Waals surface area contributed by atoms with Gasteiger partial charge in [-0.15, -0.1) is 12.4 Å². The second-order valence-corrected chi connectivity index (χ2v) is 6.78. The molecule has 1 amide bonds. The molecule has 5 heteroatoms. The van der Waals surface area contributed by atoms with Crippen LogP contribution in [-0.4, -0.2) is 61.0 Å². The number of halogens is 1. The van der Waals surface area contributed by atoms with E-state index < -0.39 is 0 Å². The Hall–Kier alpha value is -0.320. The first kappa shape index (κ1) is 17.0. The molecule has 1 saturated carbocycles. The number of piperazine rings is 1. The van der Waals surface area contributed by atoms with Gasteiger partial charge in [0, 0.05) is 32.7 Å². The number of carbonyl (C=O) groups excluding carboxylic acids is 1. The fraction of sp³-hybridized carbons (Fsp3) is 0.938. The van der Waals surface area contributed by atoms with E-state index in [0.29, 0.717) is 5.91 Å². The smallest absolute Gasteiger partial charge is 0.239 e. The zero-order chi connectivity index (χ0) is 13.8. The van der Waals surface area contributed by atoms with Crippen LogP contribution in [-0.2, 0) is 4.79 Å². The normalized spacial score (nSPS) is 28.4. The average Bonchev–Trinajstić information content (AvgIpc) is 3.03. The van der Waals surface area contributed by atoms with E-state index in [4.69, 9.17) is 0 Å². The minimum Gasteiger partial charge on any atom is -0.339 e. The third kappa shape index (κ3) is 4.57. The van der Waals surface area contributed by atoms with Gasteiger partial charge in [0.1, 0.15) is 0 Å². The number of nitrogens with zero attached hydrogens (tertiary/aromatic N) is 2. The van der Waals surface area contributed by atoms with Crippen LogP contribution in [0.15, 0.2) is 0 Å². The number of rotatable bonds is 3. The molecule has 1 atom stereocenters. The van der Waals surface area contributed by atoms with Gasteiger partial charge in [0.2, 0.25) is 5.91 Å². The molecule has 0 aromatic carbocycles. The van der Waals surface area contributed by atoms with Crippen molar-refractivity contribution in [3.05, 3.63) is 0 Å². The van der Waals surface area contributed by atoms with Crippen molar-refractivity contribution < 1.29 is 4.79 Å². The standard InChI is InChI=1S/C16H29N3O.ClH/c20-16(15-7-4-8-17-15)19-11-9-18(10-12-19)13-14-5-2-1-3-6-14;/h14-15,17H,1-13H2;1H. The van der Waals surface area contributed by atoms with Gasteiger partial charge < -0.3 is 10.2 Å². The minimum absolute atomic E-state index is 0. The van der Waals surface area contributed by atoms with Gasteiger partial charge in [-0.2, -0.15) is 0 Å². The summed E-state index contributed by atoms with van der Waals surface area (Å²) in [4.78, 5) is 17.0. The van der Waals surface area contributed by atoms with Gasteiger partial charge in [0.05, 0.1) is 6.04 Å². The Morgan fingerprint density at radius 1 is 0.952 bits per heavy atom. The molecule has 2 aliphatic heterocycles. The summed E-state index contributed by atoms with van der Waals surface area (Å²) in [6.07, 6.45) is 9.32. The zero-order valence-electron chi connectivity index (χ0n) is 13.1. The quantitative estimate of drug-likeness (QED) is 0.864. The van der Waals surface area contributed by atoms with Crippen molar-refractivity contribution in [3.63, 3.8) is 0 Å². The highest BCUT2D eigenvalue weighted by Gasteiger charge is 2.29. The number of carbonyl (C=O) groups is 1. The van der Waals surface area contributed by atoms with Crippen LogP contribution >= 0.6 is 12.4 Å². The van der Waals surface area contributed by atoms with E-state index >= 15 is 0 Å². The third-order valence-corrected chi connectivity index (χ3v) is 5.28. The highest BCUT2D eigenvalue weighted by molar-refractivity contribution is 5.85. The van der Waals surface area contributed by atoms with Crippen molar-refractivity contribution in [2.45, 2.75) is 51.0 Å². The minimum atomic E-state index is 0. The molecule has 1 unspecified atom stereocenters. The maximum Gasteiger partial charge on any atom is 0.239 e. The van der Waals surface area contributed by atoms with E-state index in [1.165, 1.54) is 38.6 Å². The molecule has 0 aromatic rings. The molecule has 1 aliphatic carbocycles. The van der Waals surface area contributed by atoms with Crippen molar-refractivity contribution in [2.24, 2.45) is 5.92 Å². The van der Waals surface area contributed by atoms with Crippen molar-refractivity contribution in [2.75, 3.05) is 39.3 Å². The fourth-order valence-electron chi connectivity index (χ4n) is 4.00. The van der Waals surface area contributed by atoms with Crippen molar-refractivity contribution >= 4 is 18.3 Å². The van der Waals surface area contributed by atoms with E-state index in [9.17, 15) is 4.79 Å². The van der Waals surface area contributed by atoms with E-state index in [0.717, 1.165) is 51.5 Å². The van der Waals surface area contributed by atoms with Gasteiger partial charge in [-0.3, -0.25) is 9.69 Å². The van der Waals surface area contributed by atoms with Crippen LogP contribution in [0.25, 0.3) is 0 Å². The molecule has 0 aromatic heterocycles. The predicted molar refractivity (Wildman–Crippen MR) is 87.9 cm³/mol. The highest BCUT2D eigenvalue weighted by Crippen LogP contribution is 2.24. The Bertz CT molecular complexity index is 319. The summed E-state index contributed by atoms with van der Waals surface area (Å²) >= 11 is 0. The second-order valence-electron chi connectivity index (χ2n) is 6.78. The Balaban J connectivity index is 0.00000161. The monoisotopic (exact) mass is 315 g/mol. The molecule has 21 heavy (non-hydrogen) atoms. The SMILES string of the molecule is Cl.O=C(C1CCCN1)N1CCN(CC2CCCCC2)CC1. The number of hydrogen-bond donors (Lipinski definition) is 1. The van der Waals surface area contributed by atoms with Gasteiger partial charge in [0.25, 0.3) is 0 Å². The van der Waals surface area contributed by atoms with Crippen molar-refractivity contribution in [3.8, 4) is 0 Å². The summed E-state index contributed by atoms with van der Waals surface area (Å²) in [5.41, 5.74) is 0. The Labute approximate surface area is 135 Å². The summed E-state index contributed by atoms with van der Waals surface area (Å²) < 4.78 is 0. The van der Waals surface area contributed by atoms with E-state index in [1.54, 1.807) is 0 Å². The Morgan fingerprint density at radius 2 is 1.67 bits per heavy atom. The lowest BCUT2D eigenvalue weighted by Crippen LogP contribution is -2.53. The zero-order valence-corrected chi connectivity index (χ0v) is 13.9. The number of nitrogens with one attached hydrogen (secondary N) is 1. The molecule has 122 valence electrons. The molecule has 1 N–H and O–H groups in total. The van der Waals surface area contributed by atoms with Gasteiger partial charge in [-0.1, -0.05) is 19.3 Å². The first-order valence-electron chi connectivity index (χ1n) is 8.57. The Morgan fingerprint density at radius 3 is 2.29 bits per heavy atom. The maximum atomic E-state index is 12.3. The fourth-order valence-corrected chi connectivity index (χ4v) is 4.00. The van der Waals surface area contributed by atoms with Crippen LogP contribution in [0, 0.1) is 5.92 Å². The first-order valence-corrected chi connectivity index (χ1v) is 8.57. The molecule has 0 bridgehead atoms. The van der Waals surface area contributed by atoms with Crippen LogP contribution < -0.4 is 5.32 Å². The Kier molecular flexibility index (Phi) is 6.77. The molecule has 2 saturated heterocycles. The largest absolute Gasteiger partial charge is 0.339 e. The summed E-state index contributed by atoms with van der Waals surface area (Å²) in [6.45, 7) is 6.30. The van der Waals surface area contributed by atoms with Crippen molar-refractivity contribution in [1.29, 1.82) is 0 Å². The van der Waals surface area contributed by atoms with Gasteiger partial charge in [0.15, 0.2) is 0 Å². The molecule has 3 fully saturated rings. The van der Waals surface area contributed by atoms with Gasteiger partial charge >= 0.3 is 0 Å². The lowest BCUT2D eigenvalue weighted by molar-refractivity contribution is -0.134. The maximum absolute atomic E-state index is 12.3. The molecule has 3 aliphatic rings. The van der Waals surface area contributed by atoms with E-state index in [-0.39, 0.29) is 18.4 Å². The second kappa shape index (κ2) is 8.35. The summed E-state index contributed by atoms with van der Waals surface area (Å²) in [5.74, 6) is 1.27. The third-order valence-electron chi connectivity index (χ3n) is 5.28. The van der Waals surface area contributed by atoms with Crippen LogP contribution in [0.1, 0.15) is 44.9 Å². The predicted octanol–water partition coefficient (Wildman–Crippen LogP) is 1.88. The summed E-state index contributed by atoms with van der Waals surface area (Å²) in [6, 6.07) is 0.111. The van der Waals surface area contributed by atoms with E-state index in [1.807, 2.05) is 0 Å². The number of hydrogen-bond acceptors (Lipinski definition) is 3. The van der Waals surface area contributed by atoms with Crippen LogP contribution in [0.2, 0.25) is 0 Å². The molecule has 3 rings (SSSR count). The number of amides is 1. The first-order chi connectivity index (χ1) is 9.83. The molecule has 0 spiro atoms. The van der Waals surface area contributed by atoms with Gasteiger partial charge in [-0.05, 0) is 38.1 Å². The lowest BCUT2D eigenvalue weighted by Gasteiger charge is -2.38. The summed E-state index contributed by atoms with van der Waals surface area (Å²) in [7, 11) is 0. The van der Waals surface area contributed by atoms with Crippen molar-refractivity contribution in [1.82, 2.24) is 15.1 Å². The molecular formula is C16H30ClN3O. The van der Waals surface area contributed by atoms with E-state index in [2.05, 4.69) is 15.1 Å².